The minimum Gasteiger partial charge on any atom is -0.478 e. The van der Waals surface area contributed by atoms with Crippen molar-refractivity contribution in [3.63, 3.8) is 0 Å². The van der Waals surface area contributed by atoms with Crippen LogP contribution in [0.2, 0.25) is 0 Å². The maximum atomic E-state index is 11.9. The van der Waals surface area contributed by atoms with Crippen LogP contribution in [-0.4, -0.2) is 41.5 Å². The van der Waals surface area contributed by atoms with Gasteiger partial charge in [-0.2, -0.15) is 0 Å². The molecular weight excluding hydrogens is 268 g/mol. The Morgan fingerprint density at radius 2 is 2.10 bits per heavy atom. The number of carbonyl (C=O) groups is 2. The van der Waals surface area contributed by atoms with Gasteiger partial charge in [-0.05, 0) is 35.6 Å². The largest absolute Gasteiger partial charge is 0.478 e. The summed E-state index contributed by atoms with van der Waals surface area (Å²) in [4.78, 5) is 24.9. The maximum Gasteiger partial charge on any atom is 0.335 e. The predicted molar refractivity (Wildman–Crippen MR) is 80.2 cm³/mol. The first kappa shape index (κ1) is 15.5. The molecule has 0 unspecified atom stereocenters. The number of rotatable bonds is 5. The third-order valence-corrected chi connectivity index (χ3v) is 3.62. The number of fused-ring (bicyclic) bond motifs is 1. The molecule has 1 aromatic carbocycles. The van der Waals surface area contributed by atoms with E-state index in [4.69, 9.17) is 5.11 Å². The second kappa shape index (κ2) is 6.72. The Balaban J connectivity index is 1.96. The van der Waals surface area contributed by atoms with Gasteiger partial charge >= 0.3 is 5.97 Å². The first-order valence-electron chi connectivity index (χ1n) is 7.30. The van der Waals surface area contributed by atoms with Gasteiger partial charge in [0.25, 0.3) is 0 Å². The Hall–Kier alpha value is -1.88. The van der Waals surface area contributed by atoms with Crippen LogP contribution in [0, 0.1) is 5.92 Å². The van der Waals surface area contributed by atoms with Gasteiger partial charge in [-0.1, -0.05) is 19.9 Å². The van der Waals surface area contributed by atoms with Gasteiger partial charge in [-0.15, -0.1) is 0 Å². The van der Waals surface area contributed by atoms with Crippen molar-refractivity contribution in [3.8, 4) is 0 Å². The van der Waals surface area contributed by atoms with Crippen molar-refractivity contribution >= 4 is 11.9 Å². The van der Waals surface area contributed by atoms with Crippen LogP contribution in [0.4, 0.5) is 0 Å². The highest BCUT2D eigenvalue weighted by Gasteiger charge is 2.19. The molecule has 0 radical (unpaired) electrons. The van der Waals surface area contributed by atoms with Gasteiger partial charge < -0.3 is 10.4 Å². The number of aromatic carboxylic acids is 1. The average molecular weight is 290 g/mol. The predicted octanol–water partition coefficient (Wildman–Crippen LogP) is 1.52. The van der Waals surface area contributed by atoms with Gasteiger partial charge in [0.05, 0.1) is 12.1 Å². The Morgan fingerprint density at radius 1 is 1.33 bits per heavy atom. The second-order valence-corrected chi connectivity index (χ2v) is 5.95. The molecule has 5 heteroatoms. The Kier molecular flexibility index (Phi) is 4.96. The zero-order chi connectivity index (χ0) is 15.4. The van der Waals surface area contributed by atoms with Gasteiger partial charge in [0.15, 0.2) is 0 Å². The topological polar surface area (TPSA) is 69.6 Å². The number of hydrogen-bond acceptors (Lipinski definition) is 3. The summed E-state index contributed by atoms with van der Waals surface area (Å²) in [5, 5.41) is 12.0. The molecule has 1 aromatic rings. The fraction of sp³-hybridized carbons (Fsp3) is 0.500. The molecule has 0 spiro atoms. The molecule has 2 rings (SSSR count). The van der Waals surface area contributed by atoms with Gasteiger partial charge in [0, 0.05) is 19.6 Å². The van der Waals surface area contributed by atoms with Gasteiger partial charge in [-0.3, -0.25) is 9.69 Å². The molecule has 5 nitrogen and oxygen atoms in total. The maximum absolute atomic E-state index is 11.9. The van der Waals surface area contributed by atoms with Crippen molar-refractivity contribution in [3.05, 3.63) is 34.9 Å². The van der Waals surface area contributed by atoms with E-state index < -0.39 is 5.97 Å². The van der Waals surface area contributed by atoms with Crippen molar-refractivity contribution in [2.24, 2.45) is 5.92 Å². The van der Waals surface area contributed by atoms with Crippen LogP contribution < -0.4 is 5.32 Å². The molecule has 1 heterocycles. The van der Waals surface area contributed by atoms with E-state index in [2.05, 4.69) is 24.1 Å². The van der Waals surface area contributed by atoms with Crippen molar-refractivity contribution < 1.29 is 14.7 Å². The summed E-state index contributed by atoms with van der Waals surface area (Å²) in [7, 11) is 0. The number of carboxylic acids is 1. The molecule has 1 aliphatic heterocycles. The molecule has 1 aliphatic rings. The average Bonchev–Trinajstić information content (AvgIpc) is 2.44. The van der Waals surface area contributed by atoms with Gasteiger partial charge in [0.1, 0.15) is 0 Å². The van der Waals surface area contributed by atoms with Crippen LogP contribution in [-0.2, 0) is 17.8 Å². The van der Waals surface area contributed by atoms with Crippen molar-refractivity contribution in [2.75, 3.05) is 19.6 Å². The van der Waals surface area contributed by atoms with E-state index in [1.165, 1.54) is 5.56 Å². The van der Waals surface area contributed by atoms with Crippen LogP contribution >= 0.6 is 0 Å². The number of nitrogens with one attached hydrogen (secondary N) is 1. The molecule has 0 saturated heterocycles. The third-order valence-electron chi connectivity index (χ3n) is 3.62. The highest BCUT2D eigenvalue weighted by molar-refractivity contribution is 5.88. The van der Waals surface area contributed by atoms with Crippen LogP contribution in [0.3, 0.4) is 0 Å². The summed E-state index contributed by atoms with van der Waals surface area (Å²) in [6.45, 7) is 6.63. The van der Waals surface area contributed by atoms with Crippen LogP contribution in [0.25, 0.3) is 0 Å². The first-order chi connectivity index (χ1) is 9.95. The lowest BCUT2D eigenvalue weighted by Gasteiger charge is -2.28. The SMILES string of the molecule is CC(C)CNC(=O)CN1CCc2ccc(C(=O)O)cc2C1. The minimum atomic E-state index is -0.912. The third kappa shape index (κ3) is 4.29. The molecule has 114 valence electrons. The second-order valence-electron chi connectivity index (χ2n) is 5.95. The zero-order valence-electron chi connectivity index (χ0n) is 12.6. The summed E-state index contributed by atoms with van der Waals surface area (Å²) < 4.78 is 0. The molecule has 0 aromatic heterocycles. The monoisotopic (exact) mass is 290 g/mol. The lowest BCUT2D eigenvalue weighted by molar-refractivity contribution is -0.122. The lowest BCUT2D eigenvalue weighted by atomic mass is 9.97. The molecule has 0 saturated carbocycles. The van der Waals surface area contributed by atoms with Gasteiger partial charge in [0.2, 0.25) is 5.91 Å². The van der Waals surface area contributed by atoms with Crippen molar-refractivity contribution in [1.82, 2.24) is 10.2 Å². The van der Waals surface area contributed by atoms with E-state index >= 15 is 0 Å². The molecular formula is C16H22N2O3. The van der Waals surface area contributed by atoms with E-state index in [0.29, 0.717) is 31.1 Å². The highest BCUT2D eigenvalue weighted by atomic mass is 16.4. The number of hydrogen-bond donors (Lipinski definition) is 2. The zero-order valence-corrected chi connectivity index (χ0v) is 12.6. The number of benzene rings is 1. The molecule has 1 amide bonds. The van der Waals surface area contributed by atoms with Gasteiger partial charge in [-0.25, -0.2) is 4.79 Å². The standard InChI is InChI=1S/C16H22N2O3/c1-11(2)8-17-15(19)10-18-6-5-12-3-4-13(16(20)21)7-14(12)9-18/h3-4,7,11H,5-6,8-10H2,1-2H3,(H,17,19)(H,20,21). The number of nitrogens with zero attached hydrogens (tertiary/aromatic N) is 1. The summed E-state index contributed by atoms with van der Waals surface area (Å²) in [6, 6.07) is 5.25. The highest BCUT2D eigenvalue weighted by Crippen LogP contribution is 2.20. The van der Waals surface area contributed by atoms with Crippen molar-refractivity contribution in [1.29, 1.82) is 0 Å². The summed E-state index contributed by atoms with van der Waals surface area (Å²) in [5.41, 5.74) is 2.50. The Labute approximate surface area is 125 Å². The molecule has 0 fully saturated rings. The number of amides is 1. The summed E-state index contributed by atoms with van der Waals surface area (Å²) in [6.07, 6.45) is 0.854. The Bertz CT molecular complexity index is 540. The molecule has 0 atom stereocenters. The van der Waals surface area contributed by atoms with E-state index in [1.807, 2.05) is 6.07 Å². The summed E-state index contributed by atoms with van der Waals surface area (Å²) >= 11 is 0. The van der Waals surface area contributed by atoms with E-state index in [1.54, 1.807) is 12.1 Å². The number of carboxylic acid groups (broad SMARTS) is 1. The molecule has 21 heavy (non-hydrogen) atoms. The van der Waals surface area contributed by atoms with Crippen LogP contribution in [0.15, 0.2) is 18.2 Å². The fourth-order valence-corrected chi connectivity index (χ4v) is 2.46. The Morgan fingerprint density at radius 3 is 2.76 bits per heavy atom. The first-order valence-corrected chi connectivity index (χ1v) is 7.30. The van der Waals surface area contributed by atoms with Crippen molar-refractivity contribution in [2.45, 2.75) is 26.8 Å². The quantitative estimate of drug-likeness (QED) is 0.862. The molecule has 0 bridgehead atoms. The van der Waals surface area contributed by atoms with E-state index in [9.17, 15) is 9.59 Å². The lowest BCUT2D eigenvalue weighted by Crippen LogP contribution is -2.40. The number of carbonyl (C=O) groups excluding carboxylic acids is 1. The van der Waals surface area contributed by atoms with Crippen LogP contribution in [0.5, 0.6) is 0 Å². The smallest absolute Gasteiger partial charge is 0.335 e. The van der Waals surface area contributed by atoms with Crippen LogP contribution in [0.1, 0.15) is 35.3 Å². The van der Waals surface area contributed by atoms with E-state index in [0.717, 1.165) is 18.5 Å². The summed E-state index contributed by atoms with van der Waals surface area (Å²) in [5.74, 6) is -0.444. The fourth-order valence-electron chi connectivity index (χ4n) is 2.46. The normalized spacial score (nSPS) is 14.8. The van der Waals surface area contributed by atoms with E-state index in [-0.39, 0.29) is 5.91 Å². The minimum absolute atomic E-state index is 0.0292. The molecule has 0 aliphatic carbocycles. The molecule has 2 N–H and O–H groups in total.